The van der Waals surface area contributed by atoms with Gasteiger partial charge in [0.1, 0.15) is 16.3 Å². The Balaban J connectivity index is 1.78. The number of aromatic nitrogens is 1. The van der Waals surface area contributed by atoms with Crippen molar-refractivity contribution in [3.8, 4) is 11.8 Å². The van der Waals surface area contributed by atoms with Crippen LogP contribution in [0.3, 0.4) is 0 Å². The van der Waals surface area contributed by atoms with Crippen molar-refractivity contribution in [2.45, 2.75) is 35.5 Å². The number of Topliss-reactive ketones (excluding diaryl/α,β-unsaturated/α-hetero) is 1. The number of hydrogen-bond donors (Lipinski definition) is 1. The summed E-state index contributed by atoms with van der Waals surface area (Å²) in [6, 6.07) is 7.96. The van der Waals surface area contributed by atoms with Crippen LogP contribution in [-0.2, 0) is 19.9 Å². The average Bonchev–Trinajstić information content (AvgIpc) is 3.19. The molecule has 3 rings (SSSR count). The maximum Gasteiger partial charge on any atom is 0.239 e. The Bertz CT molecular complexity index is 1190. The number of pyridine rings is 1. The minimum atomic E-state index is -4.25. The molecule has 0 spiro atoms. The summed E-state index contributed by atoms with van der Waals surface area (Å²) in [5.74, 6) is 4.93. The molecule has 2 aromatic rings. The molecule has 1 saturated carbocycles. The molecule has 7 nitrogen and oxygen atoms in total. The lowest BCUT2D eigenvalue weighted by atomic mass is 10.1. The average molecular weight is 433 g/mol. The van der Waals surface area contributed by atoms with Crippen molar-refractivity contribution in [1.82, 2.24) is 4.98 Å². The standard InChI is InChI=1S/C20H20N2O5S2/c21-29(26,27)20-8-4-3-7-19(20)28(24,25)14-18(23)16-10-12-17(22-13-16)11-9-15-5-1-2-6-15/h3-4,7-8,10,12-13,15H,1-2,5-6,14H2,(H2,21,26,27). The quantitative estimate of drug-likeness (QED) is 0.569. The number of benzene rings is 1. The fourth-order valence-corrected chi connectivity index (χ4v) is 5.83. The largest absolute Gasteiger partial charge is 0.293 e. The van der Waals surface area contributed by atoms with Crippen molar-refractivity contribution in [1.29, 1.82) is 0 Å². The molecular formula is C20H20N2O5S2. The molecule has 29 heavy (non-hydrogen) atoms. The molecule has 1 aromatic heterocycles. The van der Waals surface area contributed by atoms with Crippen LogP contribution in [0, 0.1) is 17.8 Å². The number of primary sulfonamides is 1. The summed E-state index contributed by atoms with van der Waals surface area (Å²) in [6.07, 6.45) is 5.82. The predicted molar refractivity (Wildman–Crippen MR) is 107 cm³/mol. The highest BCUT2D eigenvalue weighted by Gasteiger charge is 2.27. The summed E-state index contributed by atoms with van der Waals surface area (Å²) in [4.78, 5) is 15.5. The van der Waals surface area contributed by atoms with Gasteiger partial charge in [-0.15, -0.1) is 0 Å². The number of nitrogens with two attached hydrogens (primary N) is 1. The van der Waals surface area contributed by atoms with Gasteiger partial charge in [-0.05, 0) is 43.0 Å². The normalized spacial score (nSPS) is 14.9. The SMILES string of the molecule is NS(=O)(=O)c1ccccc1S(=O)(=O)CC(=O)c1ccc(C#CC2CCCC2)nc1. The zero-order valence-corrected chi connectivity index (χ0v) is 17.2. The van der Waals surface area contributed by atoms with Crippen LogP contribution >= 0.6 is 0 Å². The Morgan fingerprint density at radius 2 is 1.69 bits per heavy atom. The first kappa shape index (κ1) is 21.2. The molecule has 1 heterocycles. The molecule has 0 saturated heterocycles. The summed E-state index contributed by atoms with van der Waals surface area (Å²) >= 11 is 0. The fourth-order valence-electron chi connectivity index (χ4n) is 3.15. The van der Waals surface area contributed by atoms with E-state index in [4.69, 9.17) is 5.14 Å². The molecule has 1 aliphatic carbocycles. The molecule has 1 aliphatic rings. The first-order valence-corrected chi connectivity index (χ1v) is 12.2. The number of carbonyl (C=O) groups is 1. The lowest BCUT2D eigenvalue weighted by Crippen LogP contribution is -2.21. The fraction of sp³-hybridized carbons (Fsp3) is 0.300. The second-order valence-electron chi connectivity index (χ2n) is 6.86. The van der Waals surface area contributed by atoms with Gasteiger partial charge in [-0.2, -0.15) is 0 Å². The number of rotatable bonds is 5. The summed E-state index contributed by atoms with van der Waals surface area (Å²) in [7, 11) is -8.47. The van der Waals surface area contributed by atoms with E-state index in [1.165, 1.54) is 37.2 Å². The zero-order chi connectivity index (χ0) is 21.1. The minimum Gasteiger partial charge on any atom is -0.293 e. The molecular weight excluding hydrogens is 412 g/mol. The summed E-state index contributed by atoms with van der Waals surface area (Å²) in [5.41, 5.74) is 0.615. The van der Waals surface area contributed by atoms with E-state index in [1.807, 2.05) is 0 Å². The summed E-state index contributed by atoms with van der Waals surface area (Å²) in [6.45, 7) is 0. The maximum atomic E-state index is 12.6. The number of carbonyl (C=O) groups excluding carboxylic acids is 1. The third kappa shape index (κ3) is 5.29. The van der Waals surface area contributed by atoms with E-state index >= 15 is 0 Å². The Labute approximate surface area is 170 Å². The third-order valence-electron chi connectivity index (χ3n) is 4.66. The van der Waals surface area contributed by atoms with Crippen molar-refractivity contribution in [3.63, 3.8) is 0 Å². The van der Waals surface area contributed by atoms with Gasteiger partial charge in [-0.1, -0.05) is 30.9 Å². The van der Waals surface area contributed by atoms with Gasteiger partial charge in [0.2, 0.25) is 10.0 Å². The first-order valence-electron chi connectivity index (χ1n) is 9.02. The summed E-state index contributed by atoms with van der Waals surface area (Å²) < 4.78 is 48.5. The number of sulfone groups is 1. The number of hydrogen-bond acceptors (Lipinski definition) is 6. The highest BCUT2D eigenvalue weighted by molar-refractivity contribution is 7.94. The van der Waals surface area contributed by atoms with E-state index in [0.717, 1.165) is 25.0 Å². The highest BCUT2D eigenvalue weighted by Crippen LogP contribution is 2.24. The monoisotopic (exact) mass is 432 g/mol. The van der Waals surface area contributed by atoms with Gasteiger partial charge in [0.15, 0.2) is 15.6 Å². The van der Waals surface area contributed by atoms with Crippen LogP contribution in [0.5, 0.6) is 0 Å². The molecule has 1 aromatic carbocycles. The van der Waals surface area contributed by atoms with Gasteiger partial charge >= 0.3 is 0 Å². The smallest absolute Gasteiger partial charge is 0.239 e. The Morgan fingerprint density at radius 1 is 1.03 bits per heavy atom. The third-order valence-corrected chi connectivity index (χ3v) is 7.42. The van der Waals surface area contributed by atoms with E-state index in [9.17, 15) is 21.6 Å². The minimum absolute atomic E-state index is 0.105. The van der Waals surface area contributed by atoms with Crippen molar-refractivity contribution < 1.29 is 21.6 Å². The van der Waals surface area contributed by atoms with Crippen LogP contribution in [-0.4, -0.2) is 33.4 Å². The first-order chi connectivity index (χ1) is 13.7. The lowest BCUT2D eigenvalue weighted by Gasteiger charge is -2.08. The molecule has 0 radical (unpaired) electrons. The van der Waals surface area contributed by atoms with Crippen LogP contribution in [0.25, 0.3) is 0 Å². The molecule has 2 N–H and O–H groups in total. The number of nitrogens with zero attached hydrogens (tertiary/aromatic N) is 1. The molecule has 152 valence electrons. The zero-order valence-electron chi connectivity index (χ0n) is 15.5. The predicted octanol–water partition coefficient (Wildman–Crippen LogP) is 1.93. The van der Waals surface area contributed by atoms with Gasteiger partial charge in [-0.3, -0.25) is 4.79 Å². The van der Waals surface area contributed by atoms with E-state index in [2.05, 4.69) is 16.8 Å². The van der Waals surface area contributed by atoms with Crippen LogP contribution < -0.4 is 5.14 Å². The van der Waals surface area contributed by atoms with Gasteiger partial charge in [0.05, 0.1) is 4.90 Å². The van der Waals surface area contributed by atoms with Gasteiger partial charge in [-0.25, -0.2) is 27.0 Å². The van der Waals surface area contributed by atoms with Crippen molar-refractivity contribution in [2.24, 2.45) is 11.1 Å². The Kier molecular flexibility index (Phi) is 6.17. The topological polar surface area (TPSA) is 124 Å². The van der Waals surface area contributed by atoms with Crippen LogP contribution in [0.1, 0.15) is 41.7 Å². The van der Waals surface area contributed by atoms with Gasteiger partial charge in [0, 0.05) is 17.7 Å². The van der Waals surface area contributed by atoms with Gasteiger partial charge in [0.25, 0.3) is 0 Å². The molecule has 0 amide bonds. The molecule has 9 heteroatoms. The van der Waals surface area contributed by atoms with E-state index in [-0.39, 0.29) is 5.56 Å². The second kappa shape index (κ2) is 8.45. The van der Waals surface area contributed by atoms with Crippen molar-refractivity contribution >= 4 is 25.6 Å². The number of sulfonamides is 1. The molecule has 0 atom stereocenters. The van der Waals surface area contributed by atoms with Crippen molar-refractivity contribution in [2.75, 3.05) is 5.75 Å². The summed E-state index contributed by atoms with van der Waals surface area (Å²) in [5, 5.41) is 5.09. The second-order valence-corrected chi connectivity index (χ2v) is 10.3. The molecule has 0 bridgehead atoms. The molecule has 1 fully saturated rings. The van der Waals surface area contributed by atoms with Crippen LogP contribution in [0.4, 0.5) is 0 Å². The molecule has 0 aliphatic heterocycles. The highest BCUT2D eigenvalue weighted by atomic mass is 32.2. The molecule has 0 unspecified atom stereocenters. The number of ketones is 1. The maximum absolute atomic E-state index is 12.6. The van der Waals surface area contributed by atoms with E-state index < -0.39 is 41.2 Å². The van der Waals surface area contributed by atoms with Crippen molar-refractivity contribution in [3.05, 3.63) is 53.9 Å². The Hall–Kier alpha value is -2.54. The van der Waals surface area contributed by atoms with Crippen LogP contribution in [0.15, 0.2) is 52.4 Å². The van der Waals surface area contributed by atoms with E-state index in [0.29, 0.717) is 11.6 Å². The van der Waals surface area contributed by atoms with Crippen LogP contribution in [0.2, 0.25) is 0 Å². The van der Waals surface area contributed by atoms with Gasteiger partial charge < -0.3 is 0 Å². The lowest BCUT2D eigenvalue weighted by molar-refractivity contribution is 0.102. The Morgan fingerprint density at radius 3 is 2.28 bits per heavy atom. The van der Waals surface area contributed by atoms with E-state index in [1.54, 1.807) is 6.07 Å².